The van der Waals surface area contributed by atoms with Crippen LogP contribution in [-0.4, -0.2) is 42.3 Å². The Kier molecular flexibility index (Phi) is 4.61. The predicted octanol–water partition coefficient (Wildman–Crippen LogP) is 1.97. The number of methoxy groups -OCH3 is 1. The lowest BCUT2D eigenvalue weighted by Crippen LogP contribution is -2.43. The Hall–Kier alpha value is -1.33. The summed E-state index contributed by atoms with van der Waals surface area (Å²) in [7, 11) is 1.33. The van der Waals surface area contributed by atoms with E-state index in [2.05, 4.69) is 9.64 Å². The van der Waals surface area contributed by atoms with Gasteiger partial charge in [-0.2, -0.15) is 0 Å². The molecule has 5 nitrogen and oxygen atoms in total. The van der Waals surface area contributed by atoms with Gasteiger partial charge in [0.25, 0.3) is 0 Å². The quantitative estimate of drug-likeness (QED) is 0.798. The number of esters is 1. The lowest BCUT2D eigenvalue weighted by Gasteiger charge is -2.40. The van der Waals surface area contributed by atoms with Gasteiger partial charge in [0.05, 0.1) is 19.8 Å². The highest BCUT2D eigenvalue weighted by atomic mass is 16.5. The third kappa shape index (κ3) is 2.98. The van der Waals surface area contributed by atoms with Crippen LogP contribution in [0, 0.1) is 0 Å². The van der Waals surface area contributed by atoms with Crippen LogP contribution in [0.4, 0.5) is 0 Å². The summed E-state index contributed by atoms with van der Waals surface area (Å²) in [5.41, 5.74) is 0. The third-order valence-corrected chi connectivity index (χ3v) is 3.82. The van der Waals surface area contributed by atoms with E-state index in [1.165, 1.54) is 13.5 Å². The second-order valence-corrected chi connectivity index (χ2v) is 4.92. The van der Waals surface area contributed by atoms with Gasteiger partial charge in [0, 0.05) is 12.6 Å². The van der Waals surface area contributed by atoms with Gasteiger partial charge in [-0.05, 0) is 31.9 Å². The van der Waals surface area contributed by atoms with Gasteiger partial charge in [0.1, 0.15) is 5.76 Å². The second-order valence-electron chi connectivity index (χ2n) is 4.92. The van der Waals surface area contributed by atoms with Gasteiger partial charge in [-0.1, -0.05) is 6.42 Å². The van der Waals surface area contributed by atoms with Crippen molar-refractivity contribution in [1.82, 2.24) is 4.90 Å². The number of rotatable bonds is 6. The van der Waals surface area contributed by atoms with Crippen LogP contribution < -0.4 is 0 Å². The predicted molar refractivity (Wildman–Crippen MR) is 69.9 cm³/mol. The van der Waals surface area contributed by atoms with E-state index in [4.69, 9.17) is 4.42 Å². The fraction of sp³-hybridized carbons (Fsp3) is 0.643. The smallest absolute Gasteiger partial charge is 0.373 e. The van der Waals surface area contributed by atoms with Crippen LogP contribution in [0.25, 0.3) is 0 Å². The molecule has 1 aromatic rings. The molecule has 5 heteroatoms. The zero-order valence-electron chi connectivity index (χ0n) is 11.5. The van der Waals surface area contributed by atoms with Crippen molar-refractivity contribution >= 4 is 5.97 Å². The molecule has 1 N–H and O–H groups in total. The summed E-state index contributed by atoms with van der Waals surface area (Å²) in [5, 5.41) is 9.19. The number of hydrogen-bond donors (Lipinski definition) is 1. The van der Waals surface area contributed by atoms with Crippen molar-refractivity contribution in [2.75, 3.05) is 20.3 Å². The van der Waals surface area contributed by atoms with Crippen molar-refractivity contribution in [2.24, 2.45) is 0 Å². The Balaban J connectivity index is 2.09. The number of hydrogen-bond acceptors (Lipinski definition) is 5. The Labute approximate surface area is 113 Å². The molecule has 0 amide bonds. The summed E-state index contributed by atoms with van der Waals surface area (Å²) in [6.07, 6.45) is 3.56. The lowest BCUT2D eigenvalue weighted by atomic mass is 9.90. The molecule has 106 valence electrons. The van der Waals surface area contributed by atoms with E-state index in [9.17, 15) is 9.90 Å². The van der Waals surface area contributed by atoms with E-state index in [0.717, 1.165) is 18.6 Å². The Bertz CT molecular complexity index is 425. The normalized spacial score (nSPS) is 17.3. The molecule has 1 aromatic heterocycles. The highest BCUT2D eigenvalue weighted by Crippen LogP contribution is 2.32. The van der Waals surface area contributed by atoms with Crippen molar-refractivity contribution in [1.29, 1.82) is 0 Å². The first-order valence-corrected chi connectivity index (χ1v) is 6.72. The second kappa shape index (κ2) is 6.21. The molecule has 2 rings (SSSR count). The average molecular weight is 267 g/mol. The maximum absolute atomic E-state index is 11.4. The standard InChI is InChI=1S/C14H21NO4/c1-10(15(8-9-16)11-4-3-5-11)12-6-7-13(19-12)14(17)18-2/h6-7,10-11,16H,3-5,8-9H2,1-2H3. The van der Waals surface area contributed by atoms with Crippen molar-refractivity contribution in [2.45, 2.75) is 38.3 Å². The van der Waals surface area contributed by atoms with Crippen LogP contribution in [0.1, 0.15) is 48.5 Å². The molecule has 0 saturated heterocycles. The Morgan fingerprint density at radius 1 is 1.58 bits per heavy atom. The van der Waals surface area contributed by atoms with Crippen molar-refractivity contribution < 1.29 is 19.1 Å². The number of aliphatic hydroxyl groups is 1. The summed E-state index contributed by atoms with van der Waals surface area (Å²) in [4.78, 5) is 13.6. The zero-order chi connectivity index (χ0) is 13.8. The first kappa shape index (κ1) is 14.1. The first-order chi connectivity index (χ1) is 9.17. The summed E-state index contributed by atoms with van der Waals surface area (Å²) >= 11 is 0. The third-order valence-electron chi connectivity index (χ3n) is 3.82. The number of carbonyl (C=O) groups excluding carboxylic acids is 1. The summed E-state index contributed by atoms with van der Waals surface area (Å²) in [6, 6.07) is 4.00. The molecule has 0 bridgehead atoms. The van der Waals surface area contributed by atoms with Gasteiger partial charge in [0.15, 0.2) is 0 Å². The largest absolute Gasteiger partial charge is 0.463 e. The molecular formula is C14H21NO4. The molecule has 1 aliphatic rings. The molecule has 0 spiro atoms. The van der Waals surface area contributed by atoms with E-state index in [1.807, 2.05) is 6.92 Å². The highest BCUT2D eigenvalue weighted by molar-refractivity contribution is 5.86. The zero-order valence-corrected chi connectivity index (χ0v) is 11.5. The fourth-order valence-electron chi connectivity index (χ4n) is 2.48. The molecule has 1 aliphatic carbocycles. The molecule has 1 saturated carbocycles. The maximum atomic E-state index is 11.4. The molecule has 1 unspecified atom stereocenters. The minimum atomic E-state index is -0.462. The van der Waals surface area contributed by atoms with Gasteiger partial charge in [-0.25, -0.2) is 4.79 Å². The molecular weight excluding hydrogens is 246 g/mol. The van der Waals surface area contributed by atoms with E-state index in [1.54, 1.807) is 12.1 Å². The van der Waals surface area contributed by atoms with Crippen molar-refractivity contribution in [3.8, 4) is 0 Å². The van der Waals surface area contributed by atoms with Crippen LogP contribution in [0.2, 0.25) is 0 Å². The molecule has 0 aliphatic heterocycles. The van der Waals surface area contributed by atoms with Crippen LogP contribution in [0.5, 0.6) is 0 Å². The van der Waals surface area contributed by atoms with Gasteiger partial charge in [-0.3, -0.25) is 4.90 Å². The van der Waals surface area contributed by atoms with Crippen LogP contribution in [0.3, 0.4) is 0 Å². The number of furan rings is 1. The molecule has 1 fully saturated rings. The number of aliphatic hydroxyl groups excluding tert-OH is 1. The summed E-state index contributed by atoms with van der Waals surface area (Å²) in [6.45, 7) is 2.79. The summed E-state index contributed by atoms with van der Waals surface area (Å²) in [5.74, 6) is 0.499. The molecule has 19 heavy (non-hydrogen) atoms. The lowest BCUT2D eigenvalue weighted by molar-refractivity contribution is 0.0503. The molecule has 0 aromatic carbocycles. The molecule has 1 heterocycles. The summed E-state index contributed by atoms with van der Waals surface area (Å²) < 4.78 is 10.2. The van der Waals surface area contributed by atoms with Gasteiger partial charge < -0.3 is 14.3 Å². The van der Waals surface area contributed by atoms with Gasteiger partial charge >= 0.3 is 5.97 Å². The highest BCUT2D eigenvalue weighted by Gasteiger charge is 2.30. The monoisotopic (exact) mass is 267 g/mol. The average Bonchev–Trinajstić information content (AvgIpc) is 2.84. The number of ether oxygens (including phenoxy) is 1. The van der Waals surface area contributed by atoms with Crippen LogP contribution in [0.15, 0.2) is 16.5 Å². The number of nitrogens with zero attached hydrogens (tertiary/aromatic N) is 1. The minimum Gasteiger partial charge on any atom is -0.463 e. The maximum Gasteiger partial charge on any atom is 0.373 e. The minimum absolute atomic E-state index is 0.0517. The Morgan fingerprint density at radius 2 is 2.32 bits per heavy atom. The van der Waals surface area contributed by atoms with Gasteiger partial charge in [0.2, 0.25) is 5.76 Å². The van der Waals surface area contributed by atoms with Gasteiger partial charge in [-0.15, -0.1) is 0 Å². The SMILES string of the molecule is COC(=O)c1ccc(C(C)N(CCO)C2CCC2)o1. The van der Waals surface area contributed by atoms with Crippen LogP contribution >= 0.6 is 0 Å². The topological polar surface area (TPSA) is 62.9 Å². The van der Waals surface area contributed by atoms with E-state index in [-0.39, 0.29) is 18.4 Å². The van der Waals surface area contributed by atoms with Crippen LogP contribution in [-0.2, 0) is 4.74 Å². The van der Waals surface area contributed by atoms with E-state index < -0.39 is 5.97 Å². The van der Waals surface area contributed by atoms with E-state index >= 15 is 0 Å². The van der Waals surface area contributed by atoms with E-state index in [0.29, 0.717) is 12.6 Å². The van der Waals surface area contributed by atoms with Crippen molar-refractivity contribution in [3.63, 3.8) is 0 Å². The van der Waals surface area contributed by atoms with Crippen molar-refractivity contribution in [3.05, 3.63) is 23.7 Å². The molecule has 1 atom stereocenters. The first-order valence-electron chi connectivity index (χ1n) is 6.72. The number of carbonyl (C=O) groups is 1. The molecule has 0 radical (unpaired) electrons. The Morgan fingerprint density at radius 3 is 2.84 bits per heavy atom. The fourth-order valence-corrected chi connectivity index (χ4v) is 2.48.